The second-order valence-corrected chi connectivity index (χ2v) is 8.26. The molecule has 2 aliphatic heterocycles. The van der Waals surface area contributed by atoms with Crippen LogP contribution in [-0.4, -0.2) is 64.4 Å². The minimum absolute atomic E-state index is 0.0316. The summed E-state index contributed by atoms with van der Waals surface area (Å²) in [5.74, 6) is -0.749. The van der Waals surface area contributed by atoms with Crippen LogP contribution in [0.1, 0.15) is 41.3 Å². The Bertz CT molecular complexity index is 1060. The van der Waals surface area contributed by atoms with E-state index in [-0.39, 0.29) is 36.5 Å². The van der Waals surface area contributed by atoms with Gasteiger partial charge < -0.3 is 9.80 Å². The van der Waals surface area contributed by atoms with Crippen LogP contribution in [0, 0.1) is 5.82 Å². The molecule has 1 saturated heterocycles. The minimum Gasteiger partial charge on any atom is -0.335 e. The molecule has 2 aromatic rings. The summed E-state index contributed by atoms with van der Waals surface area (Å²) in [5, 5.41) is 5.59. The van der Waals surface area contributed by atoms with E-state index in [4.69, 9.17) is 0 Å². The molecule has 0 radical (unpaired) electrons. The number of carbonyl (C=O) groups is 3. The number of hydrogen-bond donors (Lipinski definition) is 0. The van der Waals surface area contributed by atoms with Gasteiger partial charge in [0.15, 0.2) is 0 Å². The first kappa shape index (κ1) is 22.6. The molecule has 2 aromatic carbocycles. The number of hydrazone groups is 1. The summed E-state index contributed by atoms with van der Waals surface area (Å²) in [6.07, 6.45) is 1.42. The van der Waals surface area contributed by atoms with Crippen LogP contribution < -0.4 is 0 Å². The third-order valence-electron chi connectivity index (χ3n) is 6.06. The van der Waals surface area contributed by atoms with Gasteiger partial charge in [0.25, 0.3) is 11.8 Å². The van der Waals surface area contributed by atoms with Crippen molar-refractivity contribution in [2.24, 2.45) is 5.10 Å². The Morgan fingerprint density at radius 2 is 1.42 bits per heavy atom. The Hall–Kier alpha value is -3.55. The first-order chi connectivity index (χ1) is 15.9. The van der Waals surface area contributed by atoms with Crippen LogP contribution >= 0.6 is 0 Å². The normalized spacial score (nSPS) is 16.6. The minimum atomic E-state index is -0.348. The van der Waals surface area contributed by atoms with Gasteiger partial charge in [0.1, 0.15) is 11.5 Å². The zero-order valence-corrected chi connectivity index (χ0v) is 18.7. The first-order valence-electron chi connectivity index (χ1n) is 11.2. The van der Waals surface area contributed by atoms with E-state index >= 15 is 0 Å². The molecule has 0 bridgehead atoms. The first-order valence-corrected chi connectivity index (χ1v) is 11.2. The summed E-state index contributed by atoms with van der Waals surface area (Å²) in [4.78, 5) is 41.5. The Balaban J connectivity index is 1.36. The monoisotopic (exact) mass is 450 g/mol. The van der Waals surface area contributed by atoms with Gasteiger partial charge in [0, 0.05) is 44.6 Å². The number of halogens is 1. The van der Waals surface area contributed by atoms with Crippen molar-refractivity contribution >= 4 is 23.4 Å². The van der Waals surface area contributed by atoms with Gasteiger partial charge in [-0.15, -0.1) is 0 Å². The summed E-state index contributed by atoms with van der Waals surface area (Å²) in [7, 11) is 0. The molecule has 0 atom stereocenters. The van der Waals surface area contributed by atoms with Gasteiger partial charge in [-0.05, 0) is 41.8 Å². The summed E-state index contributed by atoms with van der Waals surface area (Å²) in [5.41, 5.74) is 2.91. The zero-order chi connectivity index (χ0) is 23.4. The standard InChI is InChI=1S/C25H27FN4O3/c1-2-18-3-7-20(8-4-18)24(32)28-13-15-29(16-14-28)25(33)22-11-12-23(31)30(27-22)17-19-5-9-21(26)10-6-19/h3-10H,2,11-17H2,1H3. The third-order valence-corrected chi connectivity index (χ3v) is 6.06. The SMILES string of the molecule is CCc1ccc(C(=O)N2CCN(C(=O)C3=NN(Cc4ccc(F)cc4)C(=O)CC3)CC2)cc1. The fraction of sp³-hybridized carbons (Fsp3) is 0.360. The lowest BCUT2D eigenvalue weighted by molar-refractivity contribution is -0.132. The van der Waals surface area contributed by atoms with Gasteiger partial charge in [-0.2, -0.15) is 5.10 Å². The lowest BCUT2D eigenvalue weighted by Crippen LogP contribution is -2.52. The van der Waals surface area contributed by atoms with E-state index < -0.39 is 0 Å². The van der Waals surface area contributed by atoms with Crippen molar-refractivity contribution in [3.63, 3.8) is 0 Å². The molecule has 2 heterocycles. The topological polar surface area (TPSA) is 73.3 Å². The van der Waals surface area contributed by atoms with Crippen LogP contribution in [0.4, 0.5) is 4.39 Å². The molecule has 0 aliphatic carbocycles. The van der Waals surface area contributed by atoms with E-state index in [2.05, 4.69) is 12.0 Å². The van der Waals surface area contributed by atoms with E-state index in [0.717, 1.165) is 12.0 Å². The number of nitrogens with zero attached hydrogens (tertiary/aromatic N) is 4. The largest absolute Gasteiger partial charge is 0.335 e. The van der Waals surface area contributed by atoms with Gasteiger partial charge in [0.05, 0.1) is 6.54 Å². The van der Waals surface area contributed by atoms with Crippen molar-refractivity contribution in [2.45, 2.75) is 32.7 Å². The molecule has 0 aromatic heterocycles. The molecule has 33 heavy (non-hydrogen) atoms. The van der Waals surface area contributed by atoms with Gasteiger partial charge in [-0.3, -0.25) is 14.4 Å². The van der Waals surface area contributed by atoms with Crippen molar-refractivity contribution in [3.8, 4) is 0 Å². The molecular weight excluding hydrogens is 423 g/mol. The Kier molecular flexibility index (Phi) is 6.82. The molecule has 0 N–H and O–H groups in total. The van der Waals surface area contributed by atoms with Crippen LogP contribution in [0.2, 0.25) is 0 Å². The molecule has 8 heteroatoms. The van der Waals surface area contributed by atoms with Crippen LogP contribution in [0.25, 0.3) is 0 Å². The van der Waals surface area contributed by atoms with Crippen LogP contribution in [0.15, 0.2) is 53.6 Å². The average Bonchev–Trinajstić information content (AvgIpc) is 2.86. The van der Waals surface area contributed by atoms with E-state index in [1.807, 2.05) is 24.3 Å². The van der Waals surface area contributed by atoms with Crippen molar-refractivity contribution in [1.82, 2.24) is 14.8 Å². The van der Waals surface area contributed by atoms with Crippen molar-refractivity contribution in [3.05, 3.63) is 71.0 Å². The Morgan fingerprint density at radius 1 is 0.848 bits per heavy atom. The van der Waals surface area contributed by atoms with Crippen LogP contribution in [-0.2, 0) is 22.6 Å². The maximum atomic E-state index is 13.1. The third kappa shape index (κ3) is 5.27. The highest BCUT2D eigenvalue weighted by molar-refractivity contribution is 6.39. The van der Waals surface area contributed by atoms with E-state index in [0.29, 0.717) is 43.9 Å². The average molecular weight is 451 g/mol. The number of aryl methyl sites for hydroxylation is 1. The fourth-order valence-corrected chi connectivity index (χ4v) is 4.00. The highest BCUT2D eigenvalue weighted by Gasteiger charge is 2.30. The number of piperazine rings is 1. The second kappa shape index (κ2) is 9.94. The molecule has 1 fully saturated rings. The quantitative estimate of drug-likeness (QED) is 0.703. The van der Waals surface area contributed by atoms with Gasteiger partial charge in [-0.1, -0.05) is 31.2 Å². The number of amides is 3. The summed E-state index contributed by atoms with van der Waals surface area (Å²) < 4.78 is 13.1. The molecule has 7 nitrogen and oxygen atoms in total. The fourth-order valence-electron chi connectivity index (χ4n) is 4.00. The highest BCUT2D eigenvalue weighted by atomic mass is 19.1. The van der Waals surface area contributed by atoms with Gasteiger partial charge in [0.2, 0.25) is 5.91 Å². The number of rotatable bonds is 5. The molecule has 3 amide bonds. The smallest absolute Gasteiger partial charge is 0.270 e. The molecule has 0 saturated carbocycles. The highest BCUT2D eigenvalue weighted by Crippen LogP contribution is 2.17. The molecule has 0 unspecified atom stereocenters. The predicted molar refractivity (Wildman–Crippen MR) is 122 cm³/mol. The number of hydrogen-bond acceptors (Lipinski definition) is 4. The molecule has 2 aliphatic rings. The molecule has 4 rings (SSSR count). The maximum Gasteiger partial charge on any atom is 0.270 e. The van der Waals surface area contributed by atoms with Crippen molar-refractivity contribution < 1.29 is 18.8 Å². The zero-order valence-electron chi connectivity index (χ0n) is 18.7. The molecule has 172 valence electrons. The van der Waals surface area contributed by atoms with E-state index in [1.165, 1.54) is 22.7 Å². The number of carbonyl (C=O) groups excluding carboxylic acids is 3. The summed E-state index contributed by atoms with van der Waals surface area (Å²) in [6.45, 7) is 4.00. The second-order valence-electron chi connectivity index (χ2n) is 8.26. The van der Waals surface area contributed by atoms with E-state index in [1.54, 1.807) is 21.9 Å². The van der Waals surface area contributed by atoms with Crippen molar-refractivity contribution in [1.29, 1.82) is 0 Å². The van der Waals surface area contributed by atoms with Gasteiger partial charge in [-0.25, -0.2) is 9.40 Å². The predicted octanol–water partition coefficient (Wildman–Crippen LogP) is 2.85. The molecule has 0 spiro atoms. The summed E-state index contributed by atoms with van der Waals surface area (Å²) >= 11 is 0. The Labute approximate surface area is 192 Å². The van der Waals surface area contributed by atoms with E-state index in [9.17, 15) is 18.8 Å². The van der Waals surface area contributed by atoms with Gasteiger partial charge >= 0.3 is 0 Å². The van der Waals surface area contributed by atoms with Crippen LogP contribution in [0.3, 0.4) is 0 Å². The summed E-state index contributed by atoms with van der Waals surface area (Å²) in [6, 6.07) is 13.5. The Morgan fingerprint density at radius 3 is 2.03 bits per heavy atom. The molecular formula is C25H27FN4O3. The maximum absolute atomic E-state index is 13.1. The number of benzene rings is 2. The lowest BCUT2D eigenvalue weighted by atomic mass is 10.1. The van der Waals surface area contributed by atoms with Crippen molar-refractivity contribution in [2.75, 3.05) is 26.2 Å². The van der Waals surface area contributed by atoms with Crippen LogP contribution in [0.5, 0.6) is 0 Å². The lowest BCUT2D eigenvalue weighted by Gasteiger charge is -2.35.